The number of anilines is 2. The van der Waals surface area contributed by atoms with Gasteiger partial charge in [0.2, 0.25) is 15.2 Å². The number of amides is 1. The van der Waals surface area contributed by atoms with Gasteiger partial charge in [-0.25, -0.2) is 12.8 Å². The third kappa shape index (κ3) is 5.64. The van der Waals surface area contributed by atoms with Crippen molar-refractivity contribution in [1.29, 1.82) is 0 Å². The predicted molar refractivity (Wildman–Crippen MR) is 132 cm³/mol. The van der Waals surface area contributed by atoms with Crippen LogP contribution in [-0.4, -0.2) is 30.8 Å². The predicted octanol–water partition coefficient (Wildman–Crippen LogP) is 4.87. The summed E-state index contributed by atoms with van der Waals surface area (Å²) in [6, 6.07) is 19.6. The first-order valence-electron chi connectivity index (χ1n) is 10.2. The summed E-state index contributed by atoms with van der Waals surface area (Å²) < 4.78 is 39.1. The lowest BCUT2D eigenvalue weighted by Gasteiger charge is -2.22. The molecule has 10 heteroatoms. The summed E-state index contributed by atoms with van der Waals surface area (Å²) in [4.78, 5) is 12.7. The highest BCUT2D eigenvalue weighted by molar-refractivity contribution is 7.92. The number of halogens is 1. The van der Waals surface area contributed by atoms with E-state index < -0.39 is 15.8 Å². The number of carbonyl (C=O) groups excluding carboxylic acids is 1. The molecule has 0 radical (unpaired) electrons. The van der Waals surface area contributed by atoms with E-state index in [2.05, 4.69) is 15.5 Å². The Bertz CT molecular complexity index is 1400. The summed E-state index contributed by atoms with van der Waals surface area (Å²) in [6.45, 7) is 2.04. The Kier molecular flexibility index (Phi) is 6.71. The van der Waals surface area contributed by atoms with Crippen LogP contribution in [0.1, 0.15) is 21.5 Å². The van der Waals surface area contributed by atoms with Gasteiger partial charge in [-0.2, -0.15) is 0 Å². The summed E-state index contributed by atoms with van der Waals surface area (Å²) in [6.07, 6.45) is 1.10. The van der Waals surface area contributed by atoms with Crippen molar-refractivity contribution in [2.75, 3.05) is 15.9 Å². The van der Waals surface area contributed by atoms with Crippen molar-refractivity contribution in [1.82, 2.24) is 10.2 Å². The Balaban J connectivity index is 1.48. The van der Waals surface area contributed by atoms with Gasteiger partial charge in [0.1, 0.15) is 10.8 Å². The first kappa shape index (κ1) is 23.5. The smallest absolute Gasteiger partial charge is 0.257 e. The minimum atomic E-state index is -3.61. The van der Waals surface area contributed by atoms with E-state index in [-0.39, 0.29) is 12.5 Å². The van der Waals surface area contributed by atoms with Crippen LogP contribution in [0.2, 0.25) is 0 Å². The first-order chi connectivity index (χ1) is 16.2. The molecule has 7 nitrogen and oxygen atoms in total. The minimum Gasteiger partial charge on any atom is -0.296 e. The highest BCUT2D eigenvalue weighted by atomic mass is 32.2. The molecular formula is C24H21FN4O3S2. The number of aryl methyl sites for hydroxylation is 1. The van der Waals surface area contributed by atoms with Crippen molar-refractivity contribution in [3.8, 4) is 10.6 Å². The average Bonchev–Trinajstić information content (AvgIpc) is 3.27. The lowest BCUT2D eigenvalue weighted by atomic mass is 10.2. The molecule has 0 aliphatic rings. The standard InChI is InChI=1S/C24H21FN4O3S2/c1-16-3-7-19(8-4-16)23-27-28-24(33-23)26-22(30)18-9-13-21(14-10-18)29(34(2,31)32)15-17-5-11-20(25)12-6-17/h3-14H,15H2,1-2H3,(H,26,28,30). The number of nitrogens with one attached hydrogen (secondary N) is 1. The Morgan fingerprint density at radius 1 is 0.971 bits per heavy atom. The van der Waals surface area contributed by atoms with Gasteiger partial charge in [-0.3, -0.25) is 14.4 Å². The fourth-order valence-electron chi connectivity index (χ4n) is 3.19. The second-order valence-electron chi connectivity index (χ2n) is 7.68. The molecule has 34 heavy (non-hydrogen) atoms. The van der Waals surface area contributed by atoms with Gasteiger partial charge in [-0.05, 0) is 48.9 Å². The zero-order valence-corrected chi connectivity index (χ0v) is 20.0. The van der Waals surface area contributed by atoms with Gasteiger partial charge < -0.3 is 0 Å². The minimum absolute atomic E-state index is 0.0389. The van der Waals surface area contributed by atoms with Crippen LogP contribution in [0.25, 0.3) is 10.6 Å². The summed E-state index contributed by atoms with van der Waals surface area (Å²) in [5, 5.41) is 11.9. The van der Waals surface area contributed by atoms with Crippen LogP contribution in [0.5, 0.6) is 0 Å². The van der Waals surface area contributed by atoms with E-state index >= 15 is 0 Å². The van der Waals surface area contributed by atoms with Gasteiger partial charge in [0.05, 0.1) is 18.5 Å². The Morgan fingerprint density at radius 3 is 2.24 bits per heavy atom. The highest BCUT2D eigenvalue weighted by Gasteiger charge is 2.19. The van der Waals surface area contributed by atoms with Gasteiger partial charge in [0.25, 0.3) is 5.91 Å². The maximum atomic E-state index is 13.2. The van der Waals surface area contributed by atoms with Crippen LogP contribution >= 0.6 is 11.3 Å². The number of nitrogens with zero attached hydrogens (tertiary/aromatic N) is 3. The maximum absolute atomic E-state index is 13.2. The van der Waals surface area contributed by atoms with E-state index in [0.29, 0.717) is 27.0 Å². The van der Waals surface area contributed by atoms with E-state index in [0.717, 1.165) is 17.4 Å². The number of carbonyl (C=O) groups is 1. The molecule has 3 aromatic carbocycles. The molecule has 1 aromatic heterocycles. The normalized spacial score (nSPS) is 11.3. The van der Waals surface area contributed by atoms with E-state index in [1.165, 1.54) is 52.0 Å². The number of hydrogen-bond donors (Lipinski definition) is 1. The Hall–Kier alpha value is -3.63. The fraction of sp³-hybridized carbons (Fsp3) is 0.125. The lowest BCUT2D eigenvalue weighted by molar-refractivity contribution is 0.102. The molecule has 1 N–H and O–H groups in total. The van der Waals surface area contributed by atoms with Gasteiger partial charge in [0.15, 0.2) is 0 Å². The van der Waals surface area contributed by atoms with E-state index in [1.54, 1.807) is 12.1 Å². The lowest BCUT2D eigenvalue weighted by Crippen LogP contribution is -2.29. The molecule has 0 bridgehead atoms. The van der Waals surface area contributed by atoms with Crippen LogP contribution in [0.4, 0.5) is 15.2 Å². The van der Waals surface area contributed by atoms with Crippen LogP contribution < -0.4 is 9.62 Å². The second-order valence-corrected chi connectivity index (χ2v) is 10.6. The van der Waals surface area contributed by atoms with Crippen molar-refractivity contribution >= 4 is 38.1 Å². The summed E-state index contributed by atoms with van der Waals surface area (Å²) in [5.74, 6) is -0.783. The summed E-state index contributed by atoms with van der Waals surface area (Å²) in [5.41, 5.74) is 3.41. The van der Waals surface area contributed by atoms with Crippen LogP contribution in [0, 0.1) is 12.7 Å². The van der Waals surface area contributed by atoms with Crippen molar-refractivity contribution < 1.29 is 17.6 Å². The molecule has 0 saturated carbocycles. The Labute approximate surface area is 201 Å². The molecule has 1 heterocycles. The topological polar surface area (TPSA) is 92.3 Å². The molecule has 0 fully saturated rings. The largest absolute Gasteiger partial charge is 0.296 e. The first-order valence-corrected chi connectivity index (χ1v) is 12.9. The molecule has 4 rings (SSSR count). The number of sulfonamides is 1. The average molecular weight is 497 g/mol. The third-order valence-electron chi connectivity index (χ3n) is 5.00. The molecule has 0 aliphatic heterocycles. The number of hydrogen-bond acceptors (Lipinski definition) is 6. The zero-order chi connectivity index (χ0) is 24.3. The monoisotopic (exact) mass is 496 g/mol. The van der Waals surface area contributed by atoms with Crippen molar-refractivity contribution in [3.05, 3.63) is 95.3 Å². The molecule has 0 saturated heterocycles. The summed E-state index contributed by atoms with van der Waals surface area (Å²) >= 11 is 1.26. The molecule has 174 valence electrons. The van der Waals surface area contributed by atoms with Gasteiger partial charge >= 0.3 is 0 Å². The molecule has 1 amide bonds. The van der Waals surface area contributed by atoms with Gasteiger partial charge in [-0.15, -0.1) is 10.2 Å². The van der Waals surface area contributed by atoms with Crippen LogP contribution in [-0.2, 0) is 16.6 Å². The molecule has 0 unspecified atom stereocenters. The SMILES string of the molecule is Cc1ccc(-c2nnc(NC(=O)c3ccc(N(Cc4ccc(F)cc4)S(C)(=O)=O)cc3)s2)cc1. The fourth-order valence-corrected chi connectivity index (χ4v) is 4.82. The van der Waals surface area contributed by atoms with Crippen molar-refractivity contribution in [2.24, 2.45) is 0 Å². The number of benzene rings is 3. The third-order valence-corrected chi connectivity index (χ3v) is 7.03. The van der Waals surface area contributed by atoms with E-state index in [4.69, 9.17) is 0 Å². The van der Waals surface area contributed by atoms with Crippen LogP contribution in [0.3, 0.4) is 0 Å². The van der Waals surface area contributed by atoms with Crippen molar-refractivity contribution in [2.45, 2.75) is 13.5 Å². The number of rotatable bonds is 7. The molecule has 4 aromatic rings. The molecule has 0 aliphatic carbocycles. The quantitative estimate of drug-likeness (QED) is 0.394. The van der Waals surface area contributed by atoms with Gasteiger partial charge in [-0.1, -0.05) is 53.3 Å². The van der Waals surface area contributed by atoms with Gasteiger partial charge in [0, 0.05) is 11.1 Å². The van der Waals surface area contributed by atoms with Crippen LogP contribution in [0.15, 0.2) is 72.8 Å². The van der Waals surface area contributed by atoms with Crippen molar-refractivity contribution in [3.63, 3.8) is 0 Å². The summed E-state index contributed by atoms with van der Waals surface area (Å²) in [7, 11) is -3.61. The molecular weight excluding hydrogens is 475 g/mol. The highest BCUT2D eigenvalue weighted by Crippen LogP contribution is 2.27. The van der Waals surface area contributed by atoms with E-state index in [9.17, 15) is 17.6 Å². The maximum Gasteiger partial charge on any atom is 0.257 e. The zero-order valence-electron chi connectivity index (χ0n) is 18.4. The molecule has 0 spiro atoms. The Morgan fingerprint density at radius 2 is 1.62 bits per heavy atom. The number of aromatic nitrogens is 2. The van der Waals surface area contributed by atoms with E-state index in [1.807, 2.05) is 31.2 Å². The second kappa shape index (κ2) is 9.70. The molecule has 0 atom stereocenters.